The Morgan fingerprint density at radius 3 is 2.91 bits per heavy atom. The number of nitrogens with zero attached hydrogens (tertiary/aromatic N) is 4. The Labute approximate surface area is 131 Å². The second-order valence-electron chi connectivity index (χ2n) is 5.08. The zero-order valence-electron chi connectivity index (χ0n) is 13.3. The van der Waals surface area contributed by atoms with Crippen LogP contribution >= 0.6 is 0 Å². The number of aromatic nitrogens is 3. The number of guanidine groups is 1. The summed E-state index contributed by atoms with van der Waals surface area (Å²) in [6, 6.07) is 5.87. The summed E-state index contributed by atoms with van der Waals surface area (Å²) in [6.45, 7) is 7.29. The lowest BCUT2D eigenvalue weighted by Gasteiger charge is -2.11. The van der Waals surface area contributed by atoms with Gasteiger partial charge in [-0.05, 0) is 38.0 Å². The number of rotatable bonds is 7. The Hall–Kier alpha value is -2.37. The highest BCUT2D eigenvalue weighted by Crippen LogP contribution is 1.96. The third kappa shape index (κ3) is 5.55. The first kappa shape index (κ1) is 16.0. The molecule has 0 aliphatic heterocycles. The molecule has 2 heterocycles. The van der Waals surface area contributed by atoms with Crippen LogP contribution in [0.4, 0.5) is 0 Å². The summed E-state index contributed by atoms with van der Waals surface area (Å²) in [4.78, 5) is 8.82. The molecule has 2 aromatic rings. The molecule has 6 nitrogen and oxygen atoms in total. The van der Waals surface area contributed by atoms with E-state index < -0.39 is 0 Å². The molecule has 0 fully saturated rings. The van der Waals surface area contributed by atoms with Gasteiger partial charge in [-0.1, -0.05) is 6.07 Å². The number of pyridine rings is 1. The third-order valence-corrected chi connectivity index (χ3v) is 3.09. The Morgan fingerprint density at radius 2 is 2.23 bits per heavy atom. The molecule has 0 amide bonds. The van der Waals surface area contributed by atoms with Crippen molar-refractivity contribution in [2.75, 3.05) is 13.1 Å². The van der Waals surface area contributed by atoms with E-state index in [1.807, 2.05) is 29.1 Å². The van der Waals surface area contributed by atoms with E-state index in [0.717, 1.165) is 37.7 Å². The first-order chi connectivity index (χ1) is 10.8. The highest BCUT2D eigenvalue weighted by Gasteiger charge is 1.99. The largest absolute Gasteiger partial charge is 0.357 e. The molecule has 2 rings (SSSR count). The highest BCUT2D eigenvalue weighted by molar-refractivity contribution is 5.79. The lowest BCUT2D eigenvalue weighted by Crippen LogP contribution is -2.38. The molecule has 0 aliphatic carbocycles. The number of hydrogen-bond acceptors (Lipinski definition) is 3. The van der Waals surface area contributed by atoms with Crippen LogP contribution in [0.2, 0.25) is 0 Å². The molecule has 0 bridgehead atoms. The molecule has 0 atom stereocenters. The van der Waals surface area contributed by atoms with E-state index in [1.165, 1.54) is 5.56 Å². The predicted molar refractivity (Wildman–Crippen MR) is 88.6 cm³/mol. The minimum atomic E-state index is 0.578. The summed E-state index contributed by atoms with van der Waals surface area (Å²) in [6.07, 6.45) is 6.72. The minimum Gasteiger partial charge on any atom is -0.357 e. The SMILES string of the molecule is CCNC(=NCc1ccccn1)NCCCn1cc(C)cn1. The lowest BCUT2D eigenvalue weighted by atomic mass is 10.3. The van der Waals surface area contributed by atoms with E-state index >= 15 is 0 Å². The van der Waals surface area contributed by atoms with E-state index in [0.29, 0.717) is 6.54 Å². The van der Waals surface area contributed by atoms with Gasteiger partial charge in [0.1, 0.15) is 0 Å². The van der Waals surface area contributed by atoms with Crippen molar-refractivity contribution in [3.63, 3.8) is 0 Å². The van der Waals surface area contributed by atoms with Gasteiger partial charge in [-0.25, -0.2) is 4.99 Å². The van der Waals surface area contributed by atoms with E-state index in [9.17, 15) is 0 Å². The van der Waals surface area contributed by atoms with Crippen LogP contribution in [0, 0.1) is 6.92 Å². The van der Waals surface area contributed by atoms with Gasteiger partial charge in [0.25, 0.3) is 0 Å². The van der Waals surface area contributed by atoms with Crippen LogP contribution in [0.25, 0.3) is 0 Å². The summed E-state index contributed by atoms with van der Waals surface area (Å²) in [5, 5.41) is 10.9. The molecule has 0 aromatic carbocycles. The Morgan fingerprint density at radius 1 is 1.32 bits per heavy atom. The van der Waals surface area contributed by atoms with E-state index in [-0.39, 0.29) is 0 Å². The fourth-order valence-corrected chi connectivity index (χ4v) is 2.03. The molecule has 0 saturated heterocycles. The van der Waals surface area contributed by atoms with Gasteiger partial charge in [0.05, 0.1) is 18.4 Å². The van der Waals surface area contributed by atoms with E-state index in [4.69, 9.17) is 0 Å². The molecule has 6 heteroatoms. The van der Waals surface area contributed by atoms with Crippen LogP contribution < -0.4 is 10.6 Å². The van der Waals surface area contributed by atoms with Crippen molar-refractivity contribution in [2.24, 2.45) is 4.99 Å². The van der Waals surface area contributed by atoms with Crippen LogP contribution in [0.1, 0.15) is 24.6 Å². The van der Waals surface area contributed by atoms with Crippen molar-refractivity contribution >= 4 is 5.96 Å². The zero-order valence-corrected chi connectivity index (χ0v) is 13.3. The summed E-state index contributed by atoms with van der Waals surface area (Å²) in [5.41, 5.74) is 2.16. The molecule has 0 spiro atoms. The fraction of sp³-hybridized carbons (Fsp3) is 0.438. The van der Waals surface area contributed by atoms with Crippen LogP contribution in [0.3, 0.4) is 0 Å². The number of aryl methyl sites for hydroxylation is 2. The number of aliphatic imine (C=N–C) groups is 1. The molecular formula is C16H24N6. The van der Waals surface area contributed by atoms with Crippen LogP contribution in [-0.4, -0.2) is 33.8 Å². The average Bonchev–Trinajstić information content (AvgIpc) is 2.95. The molecule has 0 radical (unpaired) electrons. The maximum atomic E-state index is 4.54. The maximum Gasteiger partial charge on any atom is 0.191 e. The van der Waals surface area contributed by atoms with Crippen LogP contribution in [0.5, 0.6) is 0 Å². The van der Waals surface area contributed by atoms with Crippen molar-refractivity contribution in [3.05, 3.63) is 48.0 Å². The molecule has 0 unspecified atom stereocenters. The standard InChI is InChI=1S/C16H24N6/c1-3-17-16(20-12-15-7-4-5-8-18-15)19-9-6-10-22-13-14(2)11-21-22/h4-5,7-8,11,13H,3,6,9-10,12H2,1-2H3,(H2,17,19,20). The monoisotopic (exact) mass is 300 g/mol. The Bertz CT molecular complexity index is 575. The second kappa shape index (κ2) is 8.81. The molecule has 2 aromatic heterocycles. The molecule has 0 saturated carbocycles. The smallest absolute Gasteiger partial charge is 0.191 e. The second-order valence-corrected chi connectivity index (χ2v) is 5.08. The first-order valence-electron chi connectivity index (χ1n) is 7.69. The van der Waals surface area contributed by atoms with E-state index in [2.05, 4.69) is 45.8 Å². The summed E-state index contributed by atoms with van der Waals surface area (Å²) in [5.74, 6) is 0.824. The normalized spacial score (nSPS) is 11.5. The molecule has 0 aliphatic rings. The van der Waals surface area contributed by atoms with Crippen LogP contribution in [-0.2, 0) is 13.1 Å². The molecular weight excluding hydrogens is 276 g/mol. The van der Waals surface area contributed by atoms with Crippen molar-refractivity contribution in [1.29, 1.82) is 0 Å². The van der Waals surface area contributed by atoms with Gasteiger partial charge in [-0.2, -0.15) is 5.10 Å². The molecule has 2 N–H and O–H groups in total. The van der Waals surface area contributed by atoms with Gasteiger partial charge in [0.2, 0.25) is 0 Å². The Balaban J connectivity index is 1.76. The van der Waals surface area contributed by atoms with Crippen molar-refractivity contribution in [3.8, 4) is 0 Å². The topological polar surface area (TPSA) is 67.1 Å². The number of hydrogen-bond donors (Lipinski definition) is 2. The Kier molecular flexibility index (Phi) is 6.41. The van der Waals surface area contributed by atoms with Gasteiger partial charge in [0.15, 0.2) is 5.96 Å². The summed E-state index contributed by atoms with van der Waals surface area (Å²) >= 11 is 0. The van der Waals surface area contributed by atoms with Crippen molar-refractivity contribution < 1.29 is 0 Å². The number of nitrogens with one attached hydrogen (secondary N) is 2. The fourth-order valence-electron chi connectivity index (χ4n) is 2.03. The zero-order chi connectivity index (χ0) is 15.6. The average molecular weight is 300 g/mol. The summed E-state index contributed by atoms with van der Waals surface area (Å²) < 4.78 is 1.97. The molecule has 22 heavy (non-hydrogen) atoms. The predicted octanol–water partition coefficient (Wildman–Crippen LogP) is 1.73. The van der Waals surface area contributed by atoms with E-state index in [1.54, 1.807) is 6.20 Å². The van der Waals surface area contributed by atoms with Gasteiger partial charge in [0, 0.05) is 32.0 Å². The first-order valence-corrected chi connectivity index (χ1v) is 7.69. The van der Waals surface area contributed by atoms with Gasteiger partial charge >= 0.3 is 0 Å². The van der Waals surface area contributed by atoms with Crippen molar-refractivity contribution in [2.45, 2.75) is 33.4 Å². The van der Waals surface area contributed by atoms with Crippen molar-refractivity contribution in [1.82, 2.24) is 25.4 Å². The minimum absolute atomic E-state index is 0.578. The third-order valence-electron chi connectivity index (χ3n) is 3.09. The molecule has 118 valence electrons. The lowest BCUT2D eigenvalue weighted by molar-refractivity contribution is 0.570. The summed E-state index contributed by atoms with van der Waals surface area (Å²) in [7, 11) is 0. The van der Waals surface area contributed by atoms with Gasteiger partial charge in [-0.15, -0.1) is 0 Å². The van der Waals surface area contributed by atoms with Crippen LogP contribution in [0.15, 0.2) is 41.8 Å². The van der Waals surface area contributed by atoms with Gasteiger partial charge in [-0.3, -0.25) is 9.67 Å². The maximum absolute atomic E-state index is 4.54. The van der Waals surface area contributed by atoms with Gasteiger partial charge < -0.3 is 10.6 Å². The quantitative estimate of drug-likeness (QED) is 0.464. The highest BCUT2D eigenvalue weighted by atomic mass is 15.3.